The number of methoxy groups -OCH3 is 2. The molecule has 0 spiro atoms. The smallest absolute Gasteiger partial charge is 0.278 e. The van der Waals surface area contributed by atoms with E-state index in [0.717, 1.165) is 0 Å². The second-order valence-corrected chi connectivity index (χ2v) is 3.76. The highest BCUT2D eigenvalue weighted by Gasteiger charge is 2.13. The Balaban J connectivity index is 2.78. The van der Waals surface area contributed by atoms with Gasteiger partial charge in [0.15, 0.2) is 0 Å². The number of benzene rings is 1. The molecule has 16 heavy (non-hydrogen) atoms. The molecule has 0 saturated heterocycles. The second kappa shape index (κ2) is 4.31. The molecule has 0 radical (unpaired) electrons. The van der Waals surface area contributed by atoms with E-state index in [2.05, 4.69) is 9.97 Å². The highest BCUT2D eigenvalue weighted by Crippen LogP contribution is 2.32. The van der Waals surface area contributed by atoms with Crippen LogP contribution in [0.1, 0.15) is 0 Å². The summed E-state index contributed by atoms with van der Waals surface area (Å²) in [7, 11) is 2.98. The molecule has 0 N–H and O–H groups in total. The van der Waals surface area contributed by atoms with E-state index in [0.29, 0.717) is 27.0 Å². The van der Waals surface area contributed by atoms with Crippen LogP contribution < -0.4 is 9.47 Å². The van der Waals surface area contributed by atoms with Gasteiger partial charge >= 0.3 is 0 Å². The zero-order valence-corrected chi connectivity index (χ0v) is 10.1. The van der Waals surface area contributed by atoms with Gasteiger partial charge in [-0.2, -0.15) is 0 Å². The first-order chi connectivity index (χ1) is 7.67. The molecule has 0 aliphatic rings. The van der Waals surface area contributed by atoms with Crippen molar-refractivity contribution in [1.82, 2.24) is 9.97 Å². The summed E-state index contributed by atoms with van der Waals surface area (Å²) in [6.07, 6.45) is 0. The number of fused-ring (bicyclic) bond motifs is 1. The predicted molar refractivity (Wildman–Crippen MR) is 62.7 cm³/mol. The van der Waals surface area contributed by atoms with Crippen molar-refractivity contribution in [3.63, 3.8) is 0 Å². The second-order valence-electron chi connectivity index (χ2n) is 2.97. The van der Waals surface area contributed by atoms with E-state index in [1.54, 1.807) is 12.1 Å². The van der Waals surface area contributed by atoms with Crippen LogP contribution in [0.5, 0.6) is 11.8 Å². The van der Waals surface area contributed by atoms with Gasteiger partial charge in [-0.1, -0.05) is 23.2 Å². The molecule has 0 aliphatic heterocycles. The van der Waals surface area contributed by atoms with Crippen LogP contribution in [0.3, 0.4) is 0 Å². The normalized spacial score (nSPS) is 10.5. The van der Waals surface area contributed by atoms with E-state index < -0.39 is 0 Å². The quantitative estimate of drug-likeness (QED) is 0.831. The van der Waals surface area contributed by atoms with Gasteiger partial charge in [-0.15, -0.1) is 0 Å². The maximum Gasteiger partial charge on any atom is 0.278 e. The largest absolute Gasteiger partial charge is 0.477 e. The summed E-state index contributed by atoms with van der Waals surface area (Å²) in [4.78, 5) is 8.41. The molecule has 4 nitrogen and oxygen atoms in total. The van der Waals surface area contributed by atoms with E-state index in [9.17, 15) is 0 Å². The van der Waals surface area contributed by atoms with Crippen LogP contribution in [0, 0.1) is 0 Å². The summed E-state index contributed by atoms with van der Waals surface area (Å²) in [5.74, 6) is 0.590. The fourth-order valence-electron chi connectivity index (χ4n) is 1.30. The third kappa shape index (κ3) is 1.74. The highest BCUT2D eigenvalue weighted by molar-refractivity contribution is 6.44. The van der Waals surface area contributed by atoms with Gasteiger partial charge in [0, 0.05) is 0 Å². The molecule has 0 fully saturated rings. The van der Waals surface area contributed by atoms with E-state index in [4.69, 9.17) is 32.7 Å². The summed E-state index contributed by atoms with van der Waals surface area (Å²) in [6.45, 7) is 0. The average Bonchev–Trinajstić information content (AvgIpc) is 2.32. The van der Waals surface area contributed by atoms with Crippen LogP contribution in [0.25, 0.3) is 11.0 Å². The minimum absolute atomic E-state index is 0.277. The molecule has 0 bridgehead atoms. The van der Waals surface area contributed by atoms with Crippen LogP contribution in [0.2, 0.25) is 10.0 Å². The monoisotopic (exact) mass is 258 g/mol. The molecule has 0 aliphatic carbocycles. The maximum absolute atomic E-state index is 6.02. The number of ether oxygens (including phenoxy) is 2. The molecule has 1 heterocycles. The van der Waals surface area contributed by atoms with Crippen molar-refractivity contribution in [2.45, 2.75) is 0 Å². The summed E-state index contributed by atoms with van der Waals surface area (Å²) < 4.78 is 10.1. The van der Waals surface area contributed by atoms with Crippen molar-refractivity contribution >= 4 is 34.2 Å². The molecule has 84 valence electrons. The molecule has 2 aromatic rings. The summed E-state index contributed by atoms with van der Waals surface area (Å²) in [6, 6.07) is 3.38. The maximum atomic E-state index is 6.02. The third-order valence-electron chi connectivity index (χ3n) is 2.05. The lowest BCUT2D eigenvalue weighted by Gasteiger charge is -2.07. The number of rotatable bonds is 2. The Bertz CT molecular complexity index is 546. The number of halogens is 2. The van der Waals surface area contributed by atoms with Crippen molar-refractivity contribution in [3.8, 4) is 11.8 Å². The minimum atomic E-state index is 0.277. The number of hydrogen-bond donors (Lipinski definition) is 0. The van der Waals surface area contributed by atoms with Gasteiger partial charge in [0.1, 0.15) is 5.52 Å². The molecule has 0 amide bonds. The lowest BCUT2D eigenvalue weighted by molar-refractivity contribution is 0.334. The topological polar surface area (TPSA) is 44.2 Å². The fraction of sp³-hybridized carbons (Fsp3) is 0.200. The molecule has 0 atom stereocenters. The zero-order valence-electron chi connectivity index (χ0n) is 8.62. The van der Waals surface area contributed by atoms with Crippen LogP contribution in [-0.2, 0) is 0 Å². The first-order valence-electron chi connectivity index (χ1n) is 4.41. The number of nitrogens with zero attached hydrogens (tertiary/aromatic N) is 2. The van der Waals surface area contributed by atoms with Gasteiger partial charge in [-0.05, 0) is 12.1 Å². The Morgan fingerprint density at radius 1 is 1.00 bits per heavy atom. The van der Waals surface area contributed by atoms with Crippen LogP contribution in [-0.4, -0.2) is 24.2 Å². The molecule has 1 aromatic heterocycles. The Labute approximate surface area is 102 Å². The van der Waals surface area contributed by atoms with Crippen molar-refractivity contribution in [1.29, 1.82) is 0 Å². The fourth-order valence-corrected chi connectivity index (χ4v) is 1.65. The van der Waals surface area contributed by atoms with Gasteiger partial charge in [0.05, 0.1) is 29.8 Å². The third-order valence-corrected chi connectivity index (χ3v) is 2.85. The van der Waals surface area contributed by atoms with Crippen molar-refractivity contribution in [3.05, 3.63) is 22.2 Å². The molecular formula is C10H8Cl2N2O2. The van der Waals surface area contributed by atoms with Crippen molar-refractivity contribution < 1.29 is 9.47 Å². The minimum Gasteiger partial charge on any atom is -0.477 e. The van der Waals surface area contributed by atoms with Gasteiger partial charge in [0.2, 0.25) is 0 Å². The van der Waals surface area contributed by atoms with E-state index in [1.165, 1.54) is 14.2 Å². The van der Waals surface area contributed by atoms with Gasteiger partial charge in [-0.25, -0.2) is 9.97 Å². The average molecular weight is 259 g/mol. The number of aromatic nitrogens is 2. The lowest BCUT2D eigenvalue weighted by Crippen LogP contribution is -1.97. The van der Waals surface area contributed by atoms with Crippen molar-refractivity contribution in [2.75, 3.05) is 14.2 Å². The molecule has 0 saturated carbocycles. The number of hydrogen-bond acceptors (Lipinski definition) is 4. The Morgan fingerprint density at radius 3 is 2.25 bits per heavy atom. The molecule has 2 rings (SSSR count). The Hall–Kier alpha value is -1.26. The van der Waals surface area contributed by atoms with E-state index in [-0.39, 0.29) is 5.88 Å². The van der Waals surface area contributed by atoms with Gasteiger partial charge in [0.25, 0.3) is 11.8 Å². The van der Waals surface area contributed by atoms with Gasteiger partial charge < -0.3 is 9.47 Å². The SMILES string of the molecule is COc1nc2ccc(Cl)c(Cl)c2nc1OC. The Morgan fingerprint density at radius 2 is 1.62 bits per heavy atom. The molecule has 0 unspecified atom stereocenters. The molecule has 6 heteroatoms. The van der Waals surface area contributed by atoms with Gasteiger partial charge in [-0.3, -0.25) is 0 Å². The van der Waals surface area contributed by atoms with Crippen LogP contribution >= 0.6 is 23.2 Å². The van der Waals surface area contributed by atoms with Crippen molar-refractivity contribution in [2.24, 2.45) is 0 Å². The highest BCUT2D eigenvalue weighted by atomic mass is 35.5. The van der Waals surface area contributed by atoms with Crippen LogP contribution in [0.4, 0.5) is 0 Å². The first kappa shape index (κ1) is 11.2. The standard InChI is InChI=1S/C10H8Cl2N2O2/c1-15-9-10(16-2)14-8-6(13-9)4-3-5(11)7(8)12/h3-4H,1-2H3. The Kier molecular flexibility index (Phi) is 3.03. The predicted octanol–water partition coefficient (Wildman–Crippen LogP) is 2.95. The molecular weight excluding hydrogens is 251 g/mol. The first-order valence-corrected chi connectivity index (χ1v) is 5.16. The van der Waals surface area contributed by atoms with E-state index >= 15 is 0 Å². The lowest BCUT2D eigenvalue weighted by atomic mass is 10.3. The summed E-state index contributed by atoms with van der Waals surface area (Å²) in [5.41, 5.74) is 1.10. The van der Waals surface area contributed by atoms with Crippen LogP contribution in [0.15, 0.2) is 12.1 Å². The molecule has 1 aromatic carbocycles. The summed E-state index contributed by atoms with van der Waals surface area (Å²) >= 11 is 11.9. The van der Waals surface area contributed by atoms with E-state index in [1.807, 2.05) is 0 Å². The summed E-state index contributed by atoms with van der Waals surface area (Å²) in [5, 5.41) is 0.781. The zero-order chi connectivity index (χ0) is 11.7.